The Morgan fingerprint density at radius 2 is 1.71 bits per heavy atom. The highest BCUT2D eigenvalue weighted by Gasteiger charge is 2.18. The lowest BCUT2D eigenvalue weighted by Gasteiger charge is -2.11. The summed E-state index contributed by atoms with van der Waals surface area (Å²) in [5.74, 6) is 0.299. The van der Waals surface area contributed by atoms with Gasteiger partial charge in [0.15, 0.2) is 10.9 Å². The summed E-state index contributed by atoms with van der Waals surface area (Å²) < 4.78 is 0. The van der Waals surface area contributed by atoms with Crippen LogP contribution >= 0.6 is 23.5 Å². The maximum atomic E-state index is 13.3. The summed E-state index contributed by atoms with van der Waals surface area (Å²) in [4.78, 5) is 35.9. The molecule has 3 aromatic carbocycles. The van der Waals surface area contributed by atoms with Gasteiger partial charge < -0.3 is 5.32 Å². The number of carbonyl (C=O) groups is 2. The predicted octanol–water partition coefficient (Wildman–Crippen LogP) is 6.99. The van der Waals surface area contributed by atoms with Crippen molar-refractivity contribution in [1.82, 2.24) is 9.97 Å². The molecule has 0 radical (unpaired) electrons. The Balaban J connectivity index is 1.62. The fourth-order valence-electron chi connectivity index (χ4n) is 3.32. The van der Waals surface area contributed by atoms with Gasteiger partial charge in [0.2, 0.25) is 0 Å². The van der Waals surface area contributed by atoms with Gasteiger partial charge in [0.05, 0.1) is 4.90 Å². The lowest BCUT2D eigenvalue weighted by atomic mass is 10.1. The lowest BCUT2D eigenvalue weighted by Crippen LogP contribution is -2.16. The van der Waals surface area contributed by atoms with Gasteiger partial charge in [-0.1, -0.05) is 77.6 Å². The minimum Gasteiger partial charge on any atom is -0.321 e. The number of carbonyl (C=O) groups excluding carboxylic acids is 2. The molecule has 0 fully saturated rings. The number of aromatic nitrogens is 2. The van der Waals surface area contributed by atoms with Crippen LogP contribution in [0, 0.1) is 13.8 Å². The van der Waals surface area contributed by atoms with E-state index in [1.807, 2.05) is 43.3 Å². The van der Waals surface area contributed by atoms with E-state index < -0.39 is 0 Å². The van der Waals surface area contributed by atoms with Crippen LogP contribution in [0.25, 0.3) is 0 Å². The Labute approximate surface area is 213 Å². The number of thioether (sulfide) groups is 1. The van der Waals surface area contributed by atoms with Gasteiger partial charge in [-0.25, -0.2) is 9.97 Å². The summed E-state index contributed by atoms with van der Waals surface area (Å²) in [6.45, 7) is 5.61. The zero-order valence-electron chi connectivity index (χ0n) is 19.7. The number of aryl methyl sites for hydroxylation is 2. The van der Waals surface area contributed by atoms with E-state index >= 15 is 0 Å². The topological polar surface area (TPSA) is 72.0 Å². The fourth-order valence-corrected chi connectivity index (χ4v) is 5.07. The molecule has 1 heterocycles. The van der Waals surface area contributed by atoms with Gasteiger partial charge in [-0.05, 0) is 56.2 Å². The maximum absolute atomic E-state index is 13.3. The van der Waals surface area contributed by atoms with Crippen molar-refractivity contribution in [2.45, 2.75) is 41.5 Å². The molecular formula is C28H25N3O2S2. The first-order valence-electron chi connectivity index (χ1n) is 11.1. The normalized spacial score (nSPS) is 10.7. The van der Waals surface area contributed by atoms with E-state index in [1.54, 1.807) is 30.5 Å². The third-order valence-corrected chi connectivity index (χ3v) is 7.28. The van der Waals surface area contributed by atoms with Crippen LogP contribution in [-0.4, -0.2) is 21.7 Å². The second-order valence-corrected chi connectivity index (χ2v) is 10.1. The number of hydrogen-bond donors (Lipinski definition) is 1. The second kappa shape index (κ2) is 11.3. The molecule has 0 atom stereocenters. The van der Waals surface area contributed by atoms with E-state index in [0.29, 0.717) is 32.7 Å². The van der Waals surface area contributed by atoms with Gasteiger partial charge in [-0.15, -0.1) is 0 Å². The number of nitrogens with zero attached hydrogens (tertiary/aromatic N) is 2. The summed E-state index contributed by atoms with van der Waals surface area (Å²) in [7, 11) is 0. The Kier molecular flexibility index (Phi) is 8.00. The van der Waals surface area contributed by atoms with Crippen molar-refractivity contribution in [3.05, 3.63) is 107 Å². The summed E-state index contributed by atoms with van der Waals surface area (Å²) in [5.41, 5.74) is 4.94. The molecule has 176 valence electrons. The summed E-state index contributed by atoms with van der Waals surface area (Å²) >= 11 is 2.94. The average Bonchev–Trinajstić information content (AvgIpc) is 2.85. The molecule has 5 nitrogen and oxygen atoms in total. The zero-order valence-corrected chi connectivity index (χ0v) is 21.4. The zero-order chi connectivity index (χ0) is 24.8. The number of Topliss-reactive ketones (excluding diaryl/α,β-unsaturated/α-hetero) is 1. The molecule has 0 bridgehead atoms. The number of rotatable bonds is 8. The van der Waals surface area contributed by atoms with Crippen molar-refractivity contribution >= 4 is 40.9 Å². The van der Waals surface area contributed by atoms with E-state index in [4.69, 9.17) is 0 Å². The molecule has 35 heavy (non-hydrogen) atoms. The molecule has 0 unspecified atom stereocenters. The Morgan fingerprint density at radius 3 is 2.46 bits per heavy atom. The van der Waals surface area contributed by atoms with E-state index in [2.05, 4.69) is 34.3 Å². The van der Waals surface area contributed by atoms with E-state index in [-0.39, 0.29) is 11.7 Å². The molecule has 0 saturated carbocycles. The molecule has 1 amide bonds. The summed E-state index contributed by atoms with van der Waals surface area (Å²) in [6.07, 6.45) is 1.71. The smallest absolute Gasteiger partial charge is 0.275 e. The molecule has 0 aliphatic carbocycles. The molecule has 0 aliphatic heterocycles. The van der Waals surface area contributed by atoms with Crippen molar-refractivity contribution < 1.29 is 9.59 Å². The van der Waals surface area contributed by atoms with Crippen LogP contribution < -0.4 is 5.32 Å². The first kappa shape index (κ1) is 24.7. The van der Waals surface area contributed by atoms with Gasteiger partial charge in [0.1, 0.15) is 5.69 Å². The minimum absolute atomic E-state index is 0.0614. The molecule has 7 heteroatoms. The van der Waals surface area contributed by atoms with Gasteiger partial charge in [0.25, 0.3) is 5.91 Å². The van der Waals surface area contributed by atoms with E-state index in [0.717, 1.165) is 10.5 Å². The highest BCUT2D eigenvalue weighted by molar-refractivity contribution is 7.99. The number of nitrogens with one attached hydrogen (secondary N) is 1. The van der Waals surface area contributed by atoms with Gasteiger partial charge in [-0.2, -0.15) is 0 Å². The monoisotopic (exact) mass is 499 g/mol. The Bertz CT molecular complexity index is 1370. The van der Waals surface area contributed by atoms with Crippen LogP contribution in [0.3, 0.4) is 0 Å². The van der Waals surface area contributed by atoms with Crippen LogP contribution in [0.2, 0.25) is 0 Å². The SMILES string of the molecule is CC(=O)c1cccc(NC(=O)c2nc(SCc3ccccc3C)ncc2Sc2ccc(C)cc2)c1. The average molecular weight is 500 g/mol. The van der Waals surface area contributed by atoms with Crippen LogP contribution in [0.15, 0.2) is 93.9 Å². The molecule has 4 rings (SSSR count). The molecule has 0 spiro atoms. The van der Waals surface area contributed by atoms with Crippen LogP contribution in [0.1, 0.15) is 44.5 Å². The number of benzene rings is 3. The largest absolute Gasteiger partial charge is 0.321 e. The van der Waals surface area contributed by atoms with Crippen molar-refractivity contribution in [2.75, 3.05) is 5.32 Å². The molecular weight excluding hydrogens is 474 g/mol. The Hall–Kier alpha value is -3.42. The Morgan fingerprint density at radius 1 is 0.943 bits per heavy atom. The lowest BCUT2D eigenvalue weighted by molar-refractivity contribution is 0.100. The second-order valence-electron chi connectivity index (χ2n) is 8.09. The molecule has 0 aliphatic rings. The molecule has 4 aromatic rings. The van der Waals surface area contributed by atoms with Crippen molar-refractivity contribution in [2.24, 2.45) is 0 Å². The molecule has 1 aromatic heterocycles. The summed E-state index contributed by atoms with van der Waals surface area (Å²) in [6, 6.07) is 23.2. The number of anilines is 1. The maximum Gasteiger partial charge on any atom is 0.275 e. The minimum atomic E-state index is -0.347. The fraction of sp³-hybridized carbons (Fsp3) is 0.143. The first-order valence-corrected chi connectivity index (χ1v) is 12.9. The van der Waals surface area contributed by atoms with Crippen LogP contribution in [-0.2, 0) is 5.75 Å². The number of ketones is 1. The van der Waals surface area contributed by atoms with Gasteiger partial charge >= 0.3 is 0 Å². The van der Waals surface area contributed by atoms with Crippen LogP contribution in [0.4, 0.5) is 5.69 Å². The van der Waals surface area contributed by atoms with E-state index in [1.165, 1.54) is 41.6 Å². The van der Waals surface area contributed by atoms with E-state index in [9.17, 15) is 9.59 Å². The van der Waals surface area contributed by atoms with Crippen molar-refractivity contribution in [3.8, 4) is 0 Å². The number of amides is 1. The quantitative estimate of drug-likeness (QED) is 0.160. The summed E-state index contributed by atoms with van der Waals surface area (Å²) in [5, 5.41) is 3.43. The third-order valence-electron chi connectivity index (χ3n) is 5.34. The number of hydrogen-bond acceptors (Lipinski definition) is 6. The van der Waals surface area contributed by atoms with Gasteiger partial charge in [0, 0.05) is 28.1 Å². The predicted molar refractivity (Wildman–Crippen MR) is 142 cm³/mol. The standard InChI is InChI=1S/C28H25N3O2S2/c1-18-11-13-24(14-12-18)35-25-16-29-28(34-17-22-8-5-4-7-19(22)2)31-26(25)27(33)30-23-10-6-9-21(15-23)20(3)32/h4-16H,17H2,1-3H3,(H,30,33). The first-order chi connectivity index (χ1) is 16.9. The highest BCUT2D eigenvalue weighted by atomic mass is 32.2. The highest BCUT2D eigenvalue weighted by Crippen LogP contribution is 2.32. The molecule has 1 N–H and O–H groups in total. The van der Waals surface area contributed by atoms with Crippen molar-refractivity contribution in [3.63, 3.8) is 0 Å². The van der Waals surface area contributed by atoms with Crippen LogP contribution in [0.5, 0.6) is 0 Å². The molecule has 0 saturated heterocycles. The van der Waals surface area contributed by atoms with Crippen molar-refractivity contribution in [1.29, 1.82) is 0 Å². The third kappa shape index (κ3) is 6.59. The van der Waals surface area contributed by atoms with Gasteiger partial charge in [-0.3, -0.25) is 9.59 Å².